The van der Waals surface area contributed by atoms with Gasteiger partial charge < -0.3 is 19.6 Å². The number of amides is 4. The van der Waals surface area contributed by atoms with Crippen LogP contribution in [-0.2, 0) is 9.59 Å². The van der Waals surface area contributed by atoms with Crippen LogP contribution in [0.25, 0.3) is 0 Å². The second-order valence-electron chi connectivity index (χ2n) is 7.75. The molecular formula is C22H28N4O4S. The first-order valence-electron chi connectivity index (χ1n) is 10.2. The van der Waals surface area contributed by atoms with Crippen LogP contribution in [0.15, 0.2) is 37.4 Å². The maximum Gasteiger partial charge on any atom is 0.264 e. The Morgan fingerprint density at radius 2 is 1.32 bits per heavy atom. The molecule has 3 heterocycles. The average molecular weight is 445 g/mol. The summed E-state index contributed by atoms with van der Waals surface area (Å²) in [7, 11) is 3.22. The van der Waals surface area contributed by atoms with Gasteiger partial charge in [-0.05, 0) is 25.0 Å². The molecule has 31 heavy (non-hydrogen) atoms. The highest BCUT2D eigenvalue weighted by atomic mass is 32.1. The van der Waals surface area contributed by atoms with E-state index >= 15 is 0 Å². The minimum Gasteiger partial charge on any atom is -0.337 e. The zero-order chi connectivity index (χ0) is 22.7. The fourth-order valence-corrected chi connectivity index (χ4v) is 5.01. The summed E-state index contributed by atoms with van der Waals surface area (Å²) in [6, 6.07) is 2.18. The van der Waals surface area contributed by atoms with E-state index in [1.807, 2.05) is 0 Å². The van der Waals surface area contributed by atoms with Crippen molar-refractivity contribution in [2.24, 2.45) is 0 Å². The van der Waals surface area contributed by atoms with Crippen LogP contribution in [0.3, 0.4) is 0 Å². The second kappa shape index (κ2) is 9.47. The Kier molecular flexibility index (Phi) is 6.94. The topological polar surface area (TPSA) is 81.2 Å². The highest BCUT2D eigenvalue weighted by molar-refractivity contribution is 7.15. The third-order valence-corrected chi connectivity index (χ3v) is 6.90. The lowest BCUT2D eigenvalue weighted by Gasteiger charge is -2.23. The van der Waals surface area contributed by atoms with E-state index in [1.165, 1.54) is 9.80 Å². The van der Waals surface area contributed by atoms with Gasteiger partial charge in [0, 0.05) is 40.3 Å². The largest absolute Gasteiger partial charge is 0.337 e. The van der Waals surface area contributed by atoms with Crippen LogP contribution in [0.1, 0.15) is 32.2 Å². The molecule has 0 spiro atoms. The summed E-state index contributed by atoms with van der Waals surface area (Å²) in [5.41, 5.74) is 0. The van der Waals surface area contributed by atoms with Gasteiger partial charge in [-0.3, -0.25) is 19.2 Å². The van der Waals surface area contributed by atoms with Crippen LogP contribution in [0.2, 0.25) is 0 Å². The Hall–Kier alpha value is -2.94. The van der Waals surface area contributed by atoms with Crippen LogP contribution in [0.5, 0.6) is 0 Å². The zero-order valence-electron chi connectivity index (χ0n) is 18.0. The van der Waals surface area contributed by atoms with Crippen molar-refractivity contribution in [3.63, 3.8) is 0 Å². The predicted molar refractivity (Wildman–Crippen MR) is 119 cm³/mol. The fourth-order valence-electron chi connectivity index (χ4n) is 4.04. The molecule has 0 saturated carbocycles. The minimum absolute atomic E-state index is 0.0906. The molecule has 2 aliphatic rings. The van der Waals surface area contributed by atoms with Gasteiger partial charge in [-0.1, -0.05) is 12.2 Å². The third kappa shape index (κ3) is 4.41. The van der Waals surface area contributed by atoms with Gasteiger partial charge in [-0.2, -0.15) is 0 Å². The number of hydrogen-bond acceptors (Lipinski definition) is 5. The number of nitrogens with zero attached hydrogens (tertiary/aromatic N) is 4. The van der Waals surface area contributed by atoms with Crippen molar-refractivity contribution in [3.8, 4) is 0 Å². The molecule has 1 aromatic heterocycles. The monoisotopic (exact) mass is 444 g/mol. The highest BCUT2D eigenvalue weighted by Gasteiger charge is 2.38. The lowest BCUT2D eigenvalue weighted by Crippen LogP contribution is -2.43. The van der Waals surface area contributed by atoms with E-state index in [2.05, 4.69) is 13.2 Å². The second-order valence-corrected chi connectivity index (χ2v) is 8.83. The smallest absolute Gasteiger partial charge is 0.264 e. The van der Waals surface area contributed by atoms with E-state index in [1.54, 1.807) is 48.2 Å². The zero-order valence-corrected chi connectivity index (χ0v) is 18.8. The molecule has 2 fully saturated rings. The summed E-state index contributed by atoms with van der Waals surface area (Å²) >= 11 is 1.08. The van der Waals surface area contributed by atoms with Crippen molar-refractivity contribution in [2.75, 3.05) is 40.3 Å². The SMILES string of the molecule is C=CCN1CCC(N(C)C(=O)c2ccc(C(=O)N(C)C3CCN(CC=C)C3=O)s2)C1=O. The van der Waals surface area contributed by atoms with Crippen molar-refractivity contribution in [2.45, 2.75) is 24.9 Å². The third-order valence-electron chi connectivity index (χ3n) is 5.84. The summed E-state index contributed by atoms with van der Waals surface area (Å²) < 4.78 is 0. The molecule has 3 rings (SSSR count). The lowest BCUT2D eigenvalue weighted by molar-refractivity contribution is -0.131. The van der Waals surface area contributed by atoms with Gasteiger partial charge in [0.2, 0.25) is 11.8 Å². The van der Waals surface area contributed by atoms with E-state index in [0.717, 1.165) is 11.3 Å². The number of likely N-dealkylation sites (N-methyl/N-ethyl adjacent to an activating group) is 2. The van der Waals surface area contributed by atoms with Gasteiger partial charge in [-0.15, -0.1) is 24.5 Å². The Bertz CT molecular complexity index is 841. The first-order chi connectivity index (χ1) is 14.8. The van der Waals surface area contributed by atoms with E-state index in [4.69, 9.17) is 0 Å². The first-order valence-corrected chi connectivity index (χ1v) is 11.0. The predicted octanol–water partition coefficient (Wildman–Crippen LogP) is 1.47. The van der Waals surface area contributed by atoms with Crippen LogP contribution >= 0.6 is 11.3 Å². The van der Waals surface area contributed by atoms with Gasteiger partial charge in [0.1, 0.15) is 12.1 Å². The van der Waals surface area contributed by atoms with Gasteiger partial charge >= 0.3 is 0 Å². The summed E-state index contributed by atoms with van der Waals surface area (Å²) in [5, 5.41) is 0. The lowest BCUT2D eigenvalue weighted by atomic mass is 10.2. The molecule has 9 heteroatoms. The van der Waals surface area contributed by atoms with Crippen molar-refractivity contribution in [3.05, 3.63) is 47.2 Å². The van der Waals surface area contributed by atoms with Crippen molar-refractivity contribution in [1.29, 1.82) is 0 Å². The Morgan fingerprint density at radius 1 is 0.935 bits per heavy atom. The Labute approximate surface area is 186 Å². The summed E-state index contributed by atoms with van der Waals surface area (Å²) in [6.45, 7) is 9.41. The molecule has 2 saturated heterocycles. The summed E-state index contributed by atoms with van der Waals surface area (Å²) in [5.74, 6) is -0.765. The van der Waals surface area contributed by atoms with E-state index in [-0.39, 0.29) is 23.6 Å². The molecule has 2 atom stereocenters. The number of carbonyl (C=O) groups excluding carboxylic acids is 4. The van der Waals surface area contributed by atoms with E-state index in [9.17, 15) is 19.2 Å². The molecule has 0 aromatic carbocycles. The molecule has 0 N–H and O–H groups in total. The van der Waals surface area contributed by atoms with E-state index < -0.39 is 12.1 Å². The summed E-state index contributed by atoms with van der Waals surface area (Å²) in [6.07, 6.45) is 4.47. The normalized spacial score (nSPS) is 20.8. The number of likely N-dealkylation sites (tertiary alicyclic amines) is 2. The molecule has 0 bridgehead atoms. The number of thiophene rings is 1. The molecule has 0 radical (unpaired) electrons. The van der Waals surface area contributed by atoms with Gasteiger partial charge in [0.05, 0.1) is 9.75 Å². The molecular weight excluding hydrogens is 416 g/mol. The fraction of sp³-hybridized carbons (Fsp3) is 0.455. The quantitative estimate of drug-likeness (QED) is 0.569. The minimum atomic E-state index is -0.511. The number of rotatable bonds is 8. The molecule has 0 aliphatic carbocycles. The van der Waals surface area contributed by atoms with Crippen LogP contribution in [0.4, 0.5) is 0 Å². The summed E-state index contributed by atoms with van der Waals surface area (Å²) in [4.78, 5) is 57.9. The average Bonchev–Trinajstić information content (AvgIpc) is 3.47. The van der Waals surface area contributed by atoms with Crippen molar-refractivity contribution < 1.29 is 19.2 Å². The van der Waals surface area contributed by atoms with Crippen molar-refractivity contribution in [1.82, 2.24) is 19.6 Å². The molecule has 2 unspecified atom stereocenters. The Balaban J connectivity index is 1.66. The van der Waals surface area contributed by atoms with Crippen LogP contribution in [-0.4, -0.2) is 95.6 Å². The van der Waals surface area contributed by atoms with Crippen molar-refractivity contribution >= 4 is 35.0 Å². The first kappa shape index (κ1) is 22.7. The van der Waals surface area contributed by atoms with E-state index in [0.29, 0.717) is 48.8 Å². The van der Waals surface area contributed by atoms with Crippen LogP contribution < -0.4 is 0 Å². The molecule has 4 amide bonds. The molecule has 8 nitrogen and oxygen atoms in total. The van der Waals surface area contributed by atoms with Gasteiger partial charge in [-0.25, -0.2) is 0 Å². The van der Waals surface area contributed by atoms with Crippen LogP contribution in [0, 0.1) is 0 Å². The molecule has 1 aromatic rings. The molecule has 2 aliphatic heterocycles. The van der Waals surface area contributed by atoms with Gasteiger partial charge in [0.25, 0.3) is 11.8 Å². The van der Waals surface area contributed by atoms with Gasteiger partial charge in [0.15, 0.2) is 0 Å². The highest BCUT2D eigenvalue weighted by Crippen LogP contribution is 2.25. The maximum absolute atomic E-state index is 12.9. The molecule has 166 valence electrons. The number of hydrogen-bond donors (Lipinski definition) is 0. The standard InChI is InChI=1S/C22H28N4O4S/c1-5-11-25-13-9-15(19(25)27)23(3)21(29)17-7-8-18(31-17)22(30)24(4)16-10-14-26(12-6-2)20(16)28/h5-8,15-16H,1-2,9-14H2,3-4H3. The maximum atomic E-state index is 12.9. The number of carbonyl (C=O) groups is 4. The Morgan fingerprint density at radius 3 is 1.68 bits per heavy atom.